The zero-order valence-corrected chi connectivity index (χ0v) is 46.4. The van der Waals surface area contributed by atoms with Gasteiger partial charge in [-0.3, -0.25) is 0 Å². The van der Waals surface area contributed by atoms with Gasteiger partial charge in [0.25, 0.3) is 0 Å². The summed E-state index contributed by atoms with van der Waals surface area (Å²) < 4.78 is 0. The summed E-state index contributed by atoms with van der Waals surface area (Å²) in [7, 11) is 111. The Morgan fingerprint density at radius 1 is 0.163 bits per heavy atom. The molecule has 14 rings (SSSR count). The number of hydrogen-bond donors (Lipinski definition) is 0. The van der Waals surface area contributed by atoms with Crippen molar-refractivity contribution in [3.63, 3.8) is 0 Å². The van der Waals surface area contributed by atoms with E-state index in [9.17, 15) is 0 Å². The quantitative estimate of drug-likeness (QED) is 0.168. The van der Waals surface area contributed by atoms with Gasteiger partial charge in [-0.1, -0.05) is 189 Å². The lowest BCUT2D eigenvalue weighted by molar-refractivity contribution is 1.62. The van der Waals surface area contributed by atoms with E-state index in [0.717, 1.165) is 76.8 Å². The van der Waals surface area contributed by atoms with Gasteiger partial charge in [0.15, 0.2) is 0 Å². The van der Waals surface area contributed by atoms with Crippen LogP contribution in [0.5, 0.6) is 0 Å². The van der Waals surface area contributed by atoms with Crippen LogP contribution in [-0.2, 0) is 0 Å². The molecule has 0 saturated carbocycles. The van der Waals surface area contributed by atoms with Crippen LogP contribution in [0.1, 0.15) is 0 Å². The van der Waals surface area contributed by atoms with Crippen LogP contribution in [0, 0.1) is 0 Å². The number of benzene rings is 14. The fourth-order valence-electron chi connectivity index (χ4n) is 13.2. The second kappa shape index (κ2) is 20.8. The summed E-state index contributed by atoms with van der Waals surface area (Å²) in [5.74, 6) is 0. The number of fused-ring (bicyclic) bond motifs is 7. The largest absolute Gasteiger partial charge is 0.113 e. The maximum atomic E-state index is 7.16. The van der Waals surface area contributed by atoms with Crippen molar-refractivity contribution in [1.82, 2.24) is 0 Å². The van der Waals surface area contributed by atoms with Crippen molar-refractivity contribution in [2.24, 2.45) is 0 Å². The molecular formula is C70H28B16. The molecule has 86 heavy (non-hydrogen) atoms. The molecule has 0 unspecified atom stereocenters. The molecule has 32 radical (unpaired) electrons. The summed E-state index contributed by atoms with van der Waals surface area (Å²) in [6, 6.07) is 56.8. The molecule has 14 aromatic carbocycles. The molecule has 0 atom stereocenters. The summed E-state index contributed by atoms with van der Waals surface area (Å²) in [6.07, 6.45) is 0. The van der Waals surface area contributed by atoms with Gasteiger partial charge in [-0.25, -0.2) is 0 Å². The minimum absolute atomic E-state index is 0.130. The molecule has 0 bridgehead atoms. The Morgan fingerprint density at radius 3 is 0.744 bits per heavy atom. The normalized spacial score (nSPS) is 11.8. The van der Waals surface area contributed by atoms with Crippen molar-refractivity contribution in [2.75, 3.05) is 0 Å². The predicted octanol–water partition coefficient (Wildman–Crippen LogP) is 0.462. The molecule has 0 aliphatic heterocycles. The first-order valence-corrected chi connectivity index (χ1v) is 27.6. The minimum atomic E-state index is 0.130. The van der Waals surface area contributed by atoms with Crippen LogP contribution in [0.3, 0.4) is 0 Å². The highest BCUT2D eigenvalue weighted by molar-refractivity contribution is 6.73. The molecular weight excluding hydrogens is 1010 g/mol. The molecule has 0 aromatic heterocycles. The van der Waals surface area contributed by atoms with Gasteiger partial charge >= 0.3 is 0 Å². The number of hydrogen-bond acceptors (Lipinski definition) is 0. The van der Waals surface area contributed by atoms with Gasteiger partial charge in [0.1, 0.15) is 126 Å². The molecule has 14 aromatic rings. The van der Waals surface area contributed by atoms with Gasteiger partial charge in [-0.15, -0.1) is 43.7 Å². The molecule has 0 amide bonds. The van der Waals surface area contributed by atoms with Gasteiger partial charge in [-0.05, 0) is 166 Å². The Labute approximate surface area is 521 Å². The lowest BCUT2D eigenvalue weighted by Gasteiger charge is -2.29. The fourth-order valence-corrected chi connectivity index (χ4v) is 13.2. The van der Waals surface area contributed by atoms with Gasteiger partial charge in [0.05, 0.1) is 0 Å². The van der Waals surface area contributed by atoms with Crippen molar-refractivity contribution >= 4 is 288 Å². The van der Waals surface area contributed by atoms with Crippen molar-refractivity contribution in [1.29, 1.82) is 0 Å². The Hall–Kier alpha value is -8.06. The minimum Gasteiger partial charge on any atom is -0.110 e. The zero-order valence-electron chi connectivity index (χ0n) is 46.4. The molecule has 0 saturated heterocycles. The van der Waals surface area contributed by atoms with Crippen molar-refractivity contribution in [3.8, 4) is 66.8 Å². The maximum Gasteiger partial charge on any atom is 0.113 e. The molecule has 0 N–H and O–H groups in total. The van der Waals surface area contributed by atoms with Crippen LogP contribution in [0.4, 0.5) is 0 Å². The average molecular weight is 1040 g/mol. The van der Waals surface area contributed by atoms with E-state index >= 15 is 0 Å². The van der Waals surface area contributed by atoms with Crippen molar-refractivity contribution in [3.05, 3.63) is 170 Å². The van der Waals surface area contributed by atoms with Crippen LogP contribution in [0.2, 0.25) is 0 Å². The fraction of sp³-hybridized carbons (Fsp3) is 0. The van der Waals surface area contributed by atoms with E-state index in [0.29, 0.717) is 65.3 Å². The van der Waals surface area contributed by atoms with E-state index in [2.05, 4.69) is 48.5 Å². The van der Waals surface area contributed by atoms with E-state index in [1.165, 1.54) is 0 Å². The van der Waals surface area contributed by atoms with Crippen molar-refractivity contribution in [2.45, 2.75) is 0 Å². The second-order valence-electron chi connectivity index (χ2n) is 22.1. The van der Waals surface area contributed by atoms with E-state index in [1.54, 1.807) is 0 Å². The highest BCUT2D eigenvalue weighted by Crippen LogP contribution is 2.46. The molecule has 0 aliphatic rings. The first-order chi connectivity index (χ1) is 41.4. The molecule has 0 fully saturated rings. The third kappa shape index (κ3) is 8.21. The molecule has 0 heterocycles. The molecule has 356 valence electrons. The summed E-state index contributed by atoms with van der Waals surface area (Å²) in [5.41, 5.74) is 11.9. The smallest absolute Gasteiger partial charge is 0.110 e. The van der Waals surface area contributed by atoms with E-state index in [1.807, 2.05) is 121 Å². The average Bonchev–Trinajstić information content (AvgIpc) is 0.721. The lowest BCUT2D eigenvalue weighted by atomic mass is 9.59. The van der Waals surface area contributed by atoms with E-state index in [-0.39, 0.29) is 87.4 Å². The van der Waals surface area contributed by atoms with Crippen LogP contribution in [0.25, 0.3) is 142 Å². The highest BCUT2D eigenvalue weighted by atomic mass is 14.3. The molecule has 0 nitrogen and oxygen atoms in total. The van der Waals surface area contributed by atoms with Crippen LogP contribution in [-0.4, -0.2) is 126 Å². The summed E-state index contributed by atoms with van der Waals surface area (Å²) >= 11 is 0. The monoisotopic (exact) mass is 1040 g/mol. The predicted molar refractivity (Wildman–Crippen MR) is 388 cm³/mol. The Morgan fingerprint density at radius 2 is 0.419 bits per heavy atom. The zero-order chi connectivity index (χ0) is 60.0. The van der Waals surface area contributed by atoms with Crippen LogP contribution < -0.4 is 87.4 Å². The highest BCUT2D eigenvalue weighted by Gasteiger charge is 2.28. The Kier molecular flexibility index (Phi) is 13.5. The second-order valence-corrected chi connectivity index (χ2v) is 22.1. The van der Waals surface area contributed by atoms with Crippen LogP contribution >= 0.6 is 0 Å². The standard InChI is InChI=1S/C70H28B16/c71-55-47-43(48-52(60(76)68(84)64(80)56(48)72)45(51(47)59(75)67(83)63(55)79)41-19-7-11-30-9-1-3-17-39(30)41)36-15-5-13-32(25-36)34-23-21-29-22-24-35(28-38(29)27-34)33-14-6-16-37(26-33)44-49-53(61(77)69(85)65(81)57(49)73)46(42-20-8-12-31-10-2-4-18-40(31)42)54-50(44)58(74)66(82)70(86)62(54)78/h1-28H. The lowest BCUT2D eigenvalue weighted by Crippen LogP contribution is -2.50. The molecule has 0 spiro atoms. The van der Waals surface area contributed by atoms with Crippen LogP contribution in [0.15, 0.2) is 170 Å². The van der Waals surface area contributed by atoms with Gasteiger partial charge in [0, 0.05) is 0 Å². The maximum absolute atomic E-state index is 7.16. The Bertz CT molecular complexity index is 4880. The first kappa shape index (κ1) is 55.8. The third-order valence-corrected chi connectivity index (χ3v) is 17.6. The topological polar surface area (TPSA) is 0 Å². The van der Waals surface area contributed by atoms with Gasteiger partial charge in [-0.2, -0.15) is 0 Å². The first-order valence-electron chi connectivity index (χ1n) is 27.6. The summed E-state index contributed by atoms with van der Waals surface area (Å²) in [5, 5.41) is 10.0. The number of rotatable bonds is 6. The molecule has 16 heteroatoms. The van der Waals surface area contributed by atoms with E-state index in [4.69, 9.17) is 126 Å². The van der Waals surface area contributed by atoms with Gasteiger partial charge in [0.2, 0.25) is 0 Å². The SMILES string of the molecule is [B]c1c([B])c([B])c2c(-c3cccc4ccccc34)c3c([B])c([B])c([B])c([B])c3c(-c3cccc(-c4ccc5ccc(-c6cccc(-c7c8c([B])c([B])c([B])c([B])c8c(-c8cccc9ccccc89)c8c([B])c([B])c([B])c([B])c78)c6)cc5c4)c3)c2c1[B]. The van der Waals surface area contributed by atoms with Crippen molar-refractivity contribution < 1.29 is 0 Å². The third-order valence-electron chi connectivity index (χ3n) is 17.6. The molecule has 0 aliphatic carbocycles. The Balaban J connectivity index is 0.963. The van der Waals surface area contributed by atoms with Gasteiger partial charge < -0.3 is 0 Å². The summed E-state index contributed by atoms with van der Waals surface area (Å²) in [4.78, 5) is 0. The van der Waals surface area contributed by atoms with E-state index < -0.39 is 0 Å². The summed E-state index contributed by atoms with van der Waals surface area (Å²) in [6.45, 7) is 0.